The second-order valence-electron chi connectivity index (χ2n) is 7.12. The Kier molecular flexibility index (Phi) is 22.9. The van der Waals surface area contributed by atoms with E-state index in [1.54, 1.807) is 0 Å². The highest BCUT2D eigenvalue weighted by Crippen LogP contribution is 2.55. The van der Waals surface area contributed by atoms with Crippen molar-refractivity contribution in [3.8, 4) is 0 Å². The van der Waals surface area contributed by atoms with Crippen LogP contribution in [0.2, 0.25) is 0 Å². The van der Waals surface area contributed by atoms with Crippen molar-refractivity contribution in [2.45, 2.75) is 54.7 Å². The van der Waals surface area contributed by atoms with Gasteiger partial charge in [-0.3, -0.25) is 4.74 Å². The number of ether oxygens (including phenoxy) is 3. The molecule has 0 aliphatic heterocycles. The third-order valence-corrected chi connectivity index (χ3v) is 3.28. The van der Waals surface area contributed by atoms with E-state index in [2.05, 4.69) is 29.3 Å². The van der Waals surface area contributed by atoms with E-state index in [0.29, 0.717) is 0 Å². The molecule has 0 unspecified atom stereocenters. The van der Waals surface area contributed by atoms with Crippen LogP contribution in [0.25, 0.3) is 0 Å². The van der Waals surface area contributed by atoms with E-state index in [4.69, 9.17) is 15.3 Å². The van der Waals surface area contributed by atoms with Crippen molar-refractivity contribution in [2.24, 2.45) is 0 Å². The highest BCUT2D eigenvalue weighted by molar-refractivity contribution is 4.92. The van der Waals surface area contributed by atoms with Gasteiger partial charge in [0, 0.05) is 0 Å². The first-order chi connectivity index (χ1) is 23.2. The van der Waals surface area contributed by atoms with E-state index < -0.39 is 73.0 Å². The Morgan fingerprint density at radius 1 is 0.358 bits per heavy atom. The molecule has 0 saturated heterocycles. The molecule has 0 aromatic rings. The number of hydrogen-bond acceptors (Lipinski definition) is 12. The van der Waals surface area contributed by atoms with Gasteiger partial charge >= 0.3 is 73.0 Å². The maximum atomic E-state index is 14.0. The van der Waals surface area contributed by atoms with E-state index in [1.165, 1.54) is 14.2 Å². The molecule has 0 bridgehead atoms. The number of alkyl halides is 17. The van der Waals surface area contributed by atoms with Crippen molar-refractivity contribution in [2.75, 3.05) is 21.3 Å². The summed E-state index contributed by atoms with van der Waals surface area (Å²) in [6.45, 7) is 0. The molecular formula is C18H15F23O12. The van der Waals surface area contributed by atoms with Crippen LogP contribution in [0.4, 0.5) is 101 Å². The second-order valence-corrected chi connectivity index (χ2v) is 7.12. The average molecular weight is 860 g/mol. The molecule has 0 aliphatic carbocycles. The first-order valence-corrected chi connectivity index (χ1v) is 10.8. The fraction of sp³-hybridized carbons (Fsp3) is 0.667. The van der Waals surface area contributed by atoms with Crippen LogP contribution in [-0.2, 0) is 43.5 Å². The summed E-state index contributed by atoms with van der Waals surface area (Å²) in [5, 5.41) is 22.7. The van der Waals surface area contributed by atoms with Gasteiger partial charge in [-0.1, -0.05) is 0 Å². The third kappa shape index (κ3) is 20.6. The molecule has 0 aromatic carbocycles. The van der Waals surface area contributed by atoms with Crippen LogP contribution in [0.15, 0.2) is 37.0 Å². The molecule has 35 heteroatoms. The molecule has 0 fully saturated rings. The fourth-order valence-corrected chi connectivity index (χ4v) is 1.36. The molecule has 0 aliphatic rings. The lowest BCUT2D eigenvalue weighted by atomic mass is 10.2. The lowest BCUT2D eigenvalue weighted by molar-refractivity contribution is -0.594. The summed E-state index contributed by atoms with van der Waals surface area (Å²) in [6, 6.07) is 0. The summed E-state index contributed by atoms with van der Waals surface area (Å²) >= 11 is 0. The Labute approximate surface area is 274 Å². The average Bonchev–Trinajstić information content (AvgIpc) is 2.91. The van der Waals surface area contributed by atoms with Gasteiger partial charge in [-0.25, -0.2) is 9.47 Å². The van der Waals surface area contributed by atoms with Crippen molar-refractivity contribution in [3.05, 3.63) is 37.0 Å². The van der Waals surface area contributed by atoms with Crippen molar-refractivity contribution >= 4 is 0 Å². The molecule has 0 heterocycles. The van der Waals surface area contributed by atoms with Crippen LogP contribution < -0.4 is 0 Å². The fourth-order valence-electron chi connectivity index (χ4n) is 1.36. The molecule has 0 rings (SSSR count). The maximum absolute atomic E-state index is 14.0. The maximum Gasteiger partial charge on any atom is 0.452 e. The topological polar surface area (TPSA) is 144 Å². The molecule has 0 spiro atoms. The Bertz CT molecular complexity index is 1030. The van der Waals surface area contributed by atoms with Gasteiger partial charge in [-0.2, -0.15) is 116 Å². The van der Waals surface area contributed by atoms with Gasteiger partial charge in [-0.15, -0.1) is 0 Å². The van der Waals surface area contributed by atoms with Crippen LogP contribution >= 0.6 is 0 Å². The van der Waals surface area contributed by atoms with Gasteiger partial charge in [0.2, 0.25) is 0 Å². The third-order valence-electron chi connectivity index (χ3n) is 3.28. The summed E-state index contributed by atoms with van der Waals surface area (Å²) in [4.78, 5) is 22.4. The zero-order valence-electron chi connectivity index (χ0n) is 24.4. The van der Waals surface area contributed by atoms with Gasteiger partial charge in [0.05, 0.1) is 21.3 Å². The van der Waals surface area contributed by atoms with Crippen LogP contribution in [0.5, 0.6) is 0 Å². The molecule has 0 saturated carbocycles. The van der Waals surface area contributed by atoms with Gasteiger partial charge in [0.25, 0.3) is 0 Å². The van der Waals surface area contributed by atoms with E-state index >= 15 is 0 Å². The molecule has 0 atom stereocenters. The normalized spacial score (nSPS) is 13.1. The van der Waals surface area contributed by atoms with Crippen LogP contribution in [0.3, 0.4) is 0 Å². The number of halogens is 23. The smallest absolute Gasteiger partial charge is 0.340 e. The van der Waals surface area contributed by atoms with E-state index in [-0.39, 0.29) is 18.8 Å². The highest BCUT2D eigenvalue weighted by atomic mass is 19.4. The molecule has 320 valence electrons. The highest BCUT2D eigenvalue weighted by Gasteiger charge is 2.84. The Morgan fingerprint density at radius 2 is 0.547 bits per heavy atom. The largest absolute Gasteiger partial charge is 0.452 e. The van der Waals surface area contributed by atoms with Crippen LogP contribution in [0, 0.1) is 0 Å². The predicted octanol–water partition coefficient (Wildman–Crippen LogP) is 7.33. The quantitative estimate of drug-likeness (QED) is 0.0584. The zero-order valence-corrected chi connectivity index (χ0v) is 24.4. The SMILES string of the molecule is COOC=C(F)F.COOC=C(F)F.COOC=C(F)F.OC(F)(F)C(F)(F)OC(F)(F)C(F)(OC(F)(F)C(O)(F)F)C(F)(F)OC(F)(F)C(O)(F)F. The van der Waals surface area contributed by atoms with Crippen molar-refractivity contribution in [3.63, 3.8) is 0 Å². The minimum absolute atomic E-state index is 0.208. The Hall–Kier alpha value is -3.35. The lowest BCUT2D eigenvalue weighted by Gasteiger charge is -2.41. The van der Waals surface area contributed by atoms with E-state index in [1.807, 2.05) is 0 Å². The summed E-state index contributed by atoms with van der Waals surface area (Å²) in [6.07, 6.45) is -64.4. The summed E-state index contributed by atoms with van der Waals surface area (Å²) < 4.78 is 286. The number of aliphatic hydroxyl groups is 3. The summed E-state index contributed by atoms with van der Waals surface area (Å²) in [5.74, 6) is -8.17. The molecule has 0 aromatic heterocycles. The first-order valence-electron chi connectivity index (χ1n) is 10.8. The van der Waals surface area contributed by atoms with Gasteiger partial charge in [0.15, 0.2) is 18.8 Å². The number of hydrogen-bond donors (Lipinski definition) is 3. The van der Waals surface area contributed by atoms with Gasteiger partial charge in [0.1, 0.15) is 0 Å². The van der Waals surface area contributed by atoms with Crippen LogP contribution in [-0.4, -0.2) is 91.4 Å². The molecule has 3 N–H and O–H groups in total. The summed E-state index contributed by atoms with van der Waals surface area (Å²) in [5.41, 5.74) is 0. The molecular weight excluding hydrogens is 845 g/mol. The Balaban J connectivity index is -0.000000458. The van der Waals surface area contributed by atoms with Crippen LogP contribution in [0.1, 0.15) is 0 Å². The van der Waals surface area contributed by atoms with E-state index in [0.717, 1.165) is 21.3 Å². The van der Waals surface area contributed by atoms with Gasteiger partial charge in [-0.05, 0) is 0 Å². The Morgan fingerprint density at radius 3 is 0.679 bits per heavy atom. The minimum atomic E-state index is -8.17. The molecule has 0 amide bonds. The summed E-state index contributed by atoms with van der Waals surface area (Å²) in [7, 11) is 3.42. The van der Waals surface area contributed by atoms with Gasteiger partial charge < -0.3 is 30.0 Å². The van der Waals surface area contributed by atoms with E-state index in [9.17, 15) is 101 Å². The van der Waals surface area contributed by atoms with Crippen molar-refractivity contribution in [1.82, 2.24) is 0 Å². The minimum Gasteiger partial charge on any atom is -0.340 e. The standard InChI is InChI=1S/C9H3F17O6.3C3H4F2O2/c10-1(30-7(21,22)2(11,12)27,5(17,18)31-8(23,24)3(13,14)28)6(19,20)32-9(25,26)4(15,16)29;3*1-6-7-2-3(4)5/h27-29H;3*2H,1H3. The molecule has 53 heavy (non-hydrogen) atoms. The predicted molar refractivity (Wildman–Crippen MR) is 109 cm³/mol. The second kappa shape index (κ2) is 21.5. The molecule has 12 nitrogen and oxygen atoms in total. The lowest BCUT2D eigenvalue weighted by Crippen LogP contribution is -2.69. The van der Waals surface area contributed by atoms with Crippen molar-refractivity contribution < 1.29 is 160 Å². The zero-order chi connectivity index (χ0) is 43.7. The molecule has 0 radical (unpaired) electrons. The monoisotopic (exact) mass is 860 g/mol. The van der Waals surface area contributed by atoms with Crippen molar-refractivity contribution in [1.29, 1.82) is 0 Å². The first kappa shape index (κ1) is 56.4. The number of rotatable bonds is 17.